The number of nitrogen functional groups attached to an aromatic ring is 1. The number of aromatic amines is 1. The smallest absolute Gasteiger partial charge is 0.0392 e. The Kier molecular flexibility index (Phi) is 2.18. The Bertz CT molecular complexity index is 488. The lowest BCUT2D eigenvalue weighted by atomic mass is 10.1. The number of hydrogen-bond acceptors (Lipinski definition) is 2. The Morgan fingerprint density at radius 3 is 2.88 bits per heavy atom. The molecule has 2 heterocycles. The Balaban J connectivity index is 1.78. The number of benzene rings is 1. The van der Waals surface area contributed by atoms with Crippen LogP contribution >= 0.6 is 0 Å². The molecular formula is C13H15N3. The van der Waals surface area contributed by atoms with Gasteiger partial charge in [0.2, 0.25) is 0 Å². The topological polar surface area (TPSA) is 45.0 Å². The van der Waals surface area contributed by atoms with Crippen LogP contribution in [0.25, 0.3) is 0 Å². The number of nitrogens with zero attached hydrogens (tertiary/aromatic N) is 1. The van der Waals surface area contributed by atoms with Crippen molar-refractivity contribution in [1.29, 1.82) is 0 Å². The summed E-state index contributed by atoms with van der Waals surface area (Å²) in [6.45, 7) is 2.92. The molecule has 2 aromatic rings. The van der Waals surface area contributed by atoms with Gasteiger partial charge in [-0.25, -0.2) is 0 Å². The number of fused-ring (bicyclic) bond motifs is 1. The Morgan fingerprint density at radius 1 is 1.19 bits per heavy atom. The molecule has 16 heavy (non-hydrogen) atoms. The molecule has 82 valence electrons. The van der Waals surface area contributed by atoms with Crippen molar-refractivity contribution in [2.24, 2.45) is 0 Å². The molecule has 0 bridgehead atoms. The van der Waals surface area contributed by atoms with Gasteiger partial charge in [-0.1, -0.05) is 12.1 Å². The summed E-state index contributed by atoms with van der Waals surface area (Å²) in [5.41, 5.74) is 10.8. The highest BCUT2D eigenvalue weighted by Gasteiger charge is 2.20. The van der Waals surface area contributed by atoms with E-state index in [1.807, 2.05) is 24.4 Å². The molecule has 1 aromatic carbocycles. The second-order valence-electron chi connectivity index (χ2n) is 4.33. The summed E-state index contributed by atoms with van der Waals surface area (Å²) in [5, 5.41) is 0. The van der Waals surface area contributed by atoms with Gasteiger partial charge in [0.25, 0.3) is 0 Å². The molecule has 0 saturated carbocycles. The molecule has 3 N–H and O–H groups in total. The van der Waals surface area contributed by atoms with Crippen LogP contribution in [0.1, 0.15) is 16.8 Å². The van der Waals surface area contributed by atoms with Gasteiger partial charge in [0, 0.05) is 37.2 Å². The van der Waals surface area contributed by atoms with Gasteiger partial charge in [0.1, 0.15) is 0 Å². The van der Waals surface area contributed by atoms with E-state index in [2.05, 4.69) is 22.0 Å². The summed E-state index contributed by atoms with van der Waals surface area (Å²) >= 11 is 0. The lowest BCUT2D eigenvalue weighted by Gasteiger charge is -2.13. The first-order valence-corrected chi connectivity index (χ1v) is 5.54. The van der Waals surface area contributed by atoms with Crippen molar-refractivity contribution in [2.75, 3.05) is 5.73 Å². The van der Waals surface area contributed by atoms with Crippen molar-refractivity contribution in [3.63, 3.8) is 0 Å². The van der Waals surface area contributed by atoms with Crippen molar-refractivity contribution >= 4 is 5.69 Å². The molecule has 0 atom stereocenters. The van der Waals surface area contributed by atoms with Crippen LogP contribution in [0.4, 0.5) is 5.69 Å². The van der Waals surface area contributed by atoms with Gasteiger partial charge >= 0.3 is 0 Å². The van der Waals surface area contributed by atoms with E-state index in [1.165, 1.54) is 16.8 Å². The summed E-state index contributed by atoms with van der Waals surface area (Å²) in [7, 11) is 0. The number of hydrogen-bond donors (Lipinski definition) is 2. The zero-order valence-electron chi connectivity index (χ0n) is 9.11. The highest BCUT2D eigenvalue weighted by atomic mass is 15.1. The van der Waals surface area contributed by atoms with Crippen molar-refractivity contribution < 1.29 is 0 Å². The summed E-state index contributed by atoms with van der Waals surface area (Å²) in [4.78, 5) is 5.63. The average Bonchev–Trinajstić information content (AvgIpc) is 2.88. The molecule has 0 amide bonds. The minimum Gasteiger partial charge on any atom is -0.398 e. The average molecular weight is 213 g/mol. The summed E-state index contributed by atoms with van der Waals surface area (Å²) in [5.74, 6) is 0. The first-order chi connectivity index (χ1) is 7.83. The zero-order chi connectivity index (χ0) is 11.0. The number of rotatable bonds is 2. The van der Waals surface area contributed by atoms with Gasteiger partial charge in [-0.05, 0) is 29.3 Å². The van der Waals surface area contributed by atoms with Crippen LogP contribution in [0.3, 0.4) is 0 Å². The number of anilines is 1. The van der Waals surface area contributed by atoms with E-state index in [0.29, 0.717) is 0 Å². The third kappa shape index (κ3) is 1.59. The first kappa shape index (κ1) is 9.48. The fraction of sp³-hybridized carbons (Fsp3) is 0.231. The third-order valence-corrected chi connectivity index (χ3v) is 3.14. The van der Waals surface area contributed by atoms with Gasteiger partial charge in [-0.3, -0.25) is 4.90 Å². The molecule has 0 unspecified atom stereocenters. The quantitative estimate of drug-likeness (QED) is 0.750. The summed E-state index contributed by atoms with van der Waals surface area (Å²) in [6, 6.07) is 10.3. The van der Waals surface area contributed by atoms with Crippen LogP contribution in [0.15, 0.2) is 36.5 Å². The van der Waals surface area contributed by atoms with Crippen LogP contribution in [0.2, 0.25) is 0 Å². The molecular weight excluding hydrogens is 198 g/mol. The van der Waals surface area contributed by atoms with E-state index in [-0.39, 0.29) is 0 Å². The zero-order valence-corrected chi connectivity index (χ0v) is 9.11. The lowest BCUT2D eigenvalue weighted by molar-refractivity contribution is 0.273. The molecule has 3 heteroatoms. The van der Waals surface area contributed by atoms with Crippen LogP contribution in [-0.2, 0) is 19.6 Å². The molecule has 1 aliphatic rings. The van der Waals surface area contributed by atoms with Crippen molar-refractivity contribution in [1.82, 2.24) is 9.88 Å². The number of nitrogens with one attached hydrogen (secondary N) is 1. The summed E-state index contributed by atoms with van der Waals surface area (Å²) in [6.07, 6.45) is 1.97. The predicted octanol–water partition coefficient (Wildman–Crippen LogP) is 2.11. The van der Waals surface area contributed by atoms with Crippen LogP contribution in [0, 0.1) is 0 Å². The monoisotopic (exact) mass is 213 g/mol. The molecule has 0 radical (unpaired) electrons. The highest BCUT2D eigenvalue weighted by molar-refractivity contribution is 5.52. The number of aromatic nitrogens is 1. The fourth-order valence-electron chi connectivity index (χ4n) is 2.33. The Labute approximate surface area is 94.9 Å². The fourth-order valence-corrected chi connectivity index (χ4v) is 2.33. The molecule has 0 aliphatic carbocycles. The maximum atomic E-state index is 5.97. The van der Waals surface area contributed by atoms with Gasteiger partial charge in [0.05, 0.1) is 0 Å². The van der Waals surface area contributed by atoms with E-state index in [1.54, 1.807) is 0 Å². The maximum Gasteiger partial charge on any atom is 0.0392 e. The lowest BCUT2D eigenvalue weighted by Crippen LogP contribution is -2.15. The largest absolute Gasteiger partial charge is 0.398 e. The minimum absolute atomic E-state index is 0.923. The molecule has 3 nitrogen and oxygen atoms in total. The van der Waals surface area contributed by atoms with E-state index >= 15 is 0 Å². The van der Waals surface area contributed by atoms with Crippen molar-refractivity contribution in [3.8, 4) is 0 Å². The van der Waals surface area contributed by atoms with Gasteiger partial charge in [0.15, 0.2) is 0 Å². The second-order valence-corrected chi connectivity index (χ2v) is 4.33. The predicted molar refractivity (Wildman–Crippen MR) is 64.6 cm³/mol. The van der Waals surface area contributed by atoms with E-state index in [4.69, 9.17) is 5.73 Å². The van der Waals surface area contributed by atoms with Crippen LogP contribution in [-0.4, -0.2) is 9.88 Å². The molecule has 0 fully saturated rings. The molecule has 3 rings (SSSR count). The number of H-pyrrole nitrogens is 1. The van der Waals surface area contributed by atoms with Crippen molar-refractivity contribution in [2.45, 2.75) is 19.6 Å². The molecule has 0 saturated heterocycles. The highest BCUT2D eigenvalue weighted by Crippen LogP contribution is 2.28. The number of nitrogens with two attached hydrogens (primary N) is 1. The van der Waals surface area contributed by atoms with E-state index < -0.39 is 0 Å². The molecule has 0 spiro atoms. The van der Waals surface area contributed by atoms with Gasteiger partial charge in [-0.15, -0.1) is 0 Å². The van der Waals surface area contributed by atoms with E-state index in [0.717, 1.165) is 25.3 Å². The Morgan fingerprint density at radius 2 is 2.12 bits per heavy atom. The van der Waals surface area contributed by atoms with Crippen molar-refractivity contribution in [3.05, 3.63) is 53.3 Å². The minimum atomic E-state index is 0.923. The van der Waals surface area contributed by atoms with Gasteiger partial charge in [-0.2, -0.15) is 0 Å². The third-order valence-electron chi connectivity index (χ3n) is 3.14. The molecule has 1 aromatic heterocycles. The Hall–Kier alpha value is -1.74. The van der Waals surface area contributed by atoms with Gasteiger partial charge < -0.3 is 10.7 Å². The van der Waals surface area contributed by atoms with E-state index in [9.17, 15) is 0 Å². The first-order valence-electron chi connectivity index (χ1n) is 5.54. The van der Waals surface area contributed by atoms with Crippen LogP contribution in [0.5, 0.6) is 0 Å². The standard InChI is InChI=1S/C13H15N3/c14-13-5-1-3-10-7-16(9-12(10)13)8-11-4-2-6-15-11/h1-6,15H,7-9,14H2. The SMILES string of the molecule is Nc1cccc2c1CN(Cc1ccc[nH]1)C2. The molecule has 1 aliphatic heterocycles. The second kappa shape index (κ2) is 3.68. The summed E-state index contributed by atoms with van der Waals surface area (Å²) < 4.78 is 0. The van der Waals surface area contributed by atoms with Crippen LogP contribution < -0.4 is 5.73 Å². The maximum absolute atomic E-state index is 5.97. The normalized spacial score (nSPS) is 15.2.